The van der Waals surface area contributed by atoms with Crippen molar-refractivity contribution >= 4 is 73.0 Å². The van der Waals surface area contributed by atoms with E-state index in [1.807, 2.05) is 4.72 Å². The van der Waals surface area contributed by atoms with Crippen LogP contribution >= 0.6 is 34.5 Å². The third-order valence-electron chi connectivity index (χ3n) is 5.33. The second-order valence-corrected chi connectivity index (χ2v) is 11.7. The molecule has 1 aliphatic heterocycles. The number of aromatic hydroxyl groups is 1. The van der Waals surface area contributed by atoms with Gasteiger partial charge in [-0.25, -0.2) is 27.5 Å². The third kappa shape index (κ3) is 5.01. The van der Waals surface area contributed by atoms with E-state index in [1.54, 1.807) is 18.2 Å². The molecule has 0 bridgehead atoms. The Balaban J connectivity index is 1.36. The maximum Gasteiger partial charge on any atom is 0.333 e. The van der Waals surface area contributed by atoms with Crippen LogP contribution in [-0.4, -0.2) is 43.2 Å². The Hall–Kier alpha value is -3.58. The Bertz CT molecular complexity index is 1730. The zero-order valence-corrected chi connectivity index (χ0v) is 21.7. The fraction of sp³-hybridized carbons (Fsp3) is 0.0870. The lowest BCUT2D eigenvalue weighted by molar-refractivity contribution is 0.256. The van der Waals surface area contributed by atoms with Gasteiger partial charge >= 0.3 is 6.03 Å². The summed E-state index contributed by atoms with van der Waals surface area (Å²) in [6, 6.07) is 12.6. The molecular formula is C23H16Cl2N4O6S2. The number of thiophene rings is 1. The van der Waals surface area contributed by atoms with Crippen LogP contribution < -0.4 is 15.6 Å². The summed E-state index contributed by atoms with van der Waals surface area (Å²) in [7, 11) is -4.18. The average molecular weight is 579 g/mol. The van der Waals surface area contributed by atoms with Crippen LogP contribution in [0.5, 0.6) is 5.88 Å². The number of rotatable bonds is 5. The van der Waals surface area contributed by atoms with Crippen LogP contribution in [0.1, 0.15) is 5.56 Å². The number of halogens is 2. The molecule has 0 aliphatic carbocycles. The van der Waals surface area contributed by atoms with Crippen LogP contribution in [-0.2, 0) is 14.8 Å². The van der Waals surface area contributed by atoms with Crippen LogP contribution in [0, 0.1) is 0 Å². The summed E-state index contributed by atoms with van der Waals surface area (Å²) in [6.45, 7) is 1.07. The SMILES string of the molecule is O=C(Nc1ccc(-n2c(O)c3ccc(C4=NCCO4)cc3cc2=O)cc1)NS(=O)(=O)c1cc(Cl)c(Cl)s1. The molecule has 10 nitrogen and oxygen atoms in total. The summed E-state index contributed by atoms with van der Waals surface area (Å²) < 4.78 is 33.0. The van der Waals surface area contributed by atoms with Gasteiger partial charge in [-0.3, -0.25) is 4.79 Å². The smallest absolute Gasteiger partial charge is 0.333 e. The number of sulfonamides is 1. The zero-order chi connectivity index (χ0) is 26.3. The van der Waals surface area contributed by atoms with Gasteiger partial charge in [0.2, 0.25) is 11.8 Å². The second-order valence-electron chi connectivity index (χ2n) is 7.77. The molecule has 14 heteroatoms. The number of urea groups is 1. The van der Waals surface area contributed by atoms with Gasteiger partial charge in [-0.05, 0) is 53.9 Å². The lowest BCUT2D eigenvalue weighted by Crippen LogP contribution is -2.33. The number of anilines is 1. The van der Waals surface area contributed by atoms with Crippen LogP contribution in [0.4, 0.5) is 10.5 Å². The van der Waals surface area contributed by atoms with Crippen molar-refractivity contribution in [3.63, 3.8) is 0 Å². The van der Waals surface area contributed by atoms with Crippen LogP contribution in [0.25, 0.3) is 16.5 Å². The number of amides is 2. The Labute approximate surface area is 223 Å². The number of hydrogen-bond donors (Lipinski definition) is 3. The van der Waals surface area contributed by atoms with Gasteiger partial charge in [-0.2, -0.15) is 0 Å². The molecule has 0 spiro atoms. The number of carbonyl (C=O) groups is 1. The van der Waals surface area contributed by atoms with Crippen molar-refractivity contribution in [2.45, 2.75) is 4.21 Å². The van der Waals surface area contributed by atoms with E-state index in [0.29, 0.717) is 52.4 Å². The maximum absolute atomic E-state index is 12.8. The highest BCUT2D eigenvalue weighted by Gasteiger charge is 2.22. The first-order valence-electron chi connectivity index (χ1n) is 10.6. The Morgan fingerprint density at radius 3 is 2.51 bits per heavy atom. The predicted molar refractivity (Wildman–Crippen MR) is 142 cm³/mol. The summed E-state index contributed by atoms with van der Waals surface area (Å²) in [4.78, 5) is 29.4. The number of benzene rings is 2. The van der Waals surface area contributed by atoms with Crippen molar-refractivity contribution in [2.75, 3.05) is 18.5 Å². The molecule has 2 aromatic carbocycles. The highest BCUT2D eigenvalue weighted by molar-refractivity contribution is 7.92. The molecule has 5 rings (SSSR count). The van der Waals surface area contributed by atoms with E-state index in [4.69, 9.17) is 27.9 Å². The quantitative estimate of drug-likeness (QED) is 0.321. The Kier molecular flexibility index (Phi) is 6.58. The number of pyridine rings is 1. The van der Waals surface area contributed by atoms with Gasteiger partial charge in [0.05, 0.1) is 17.3 Å². The van der Waals surface area contributed by atoms with E-state index in [2.05, 4.69) is 10.3 Å². The van der Waals surface area contributed by atoms with Gasteiger partial charge in [0.15, 0.2) is 0 Å². The van der Waals surface area contributed by atoms with Crippen molar-refractivity contribution in [1.29, 1.82) is 0 Å². The molecule has 1 aliphatic rings. The number of fused-ring (bicyclic) bond motifs is 1. The highest BCUT2D eigenvalue weighted by atomic mass is 35.5. The molecule has 0 saturated carbocycles. The summed E-state index contributed by atoms with van der Waals surface area (Å²) in [6.07, 6.45) is 0. The largest absolute Gasteiger partial charge is 0.494 e. The summed E-state index contributed by atoms with van der Waals surface area (Å²) in [5.41, 5.74) is 0.809. The number of carbonyl (C=O) groups excluding carboxylic acids is 1. The Morgan fingerprint density at radius 2 is 1.86 bits per heavy atom. The lowest BCUT2D eigenvalue weighted by Gasteiger charge is -2.13. The van der Waals surface area contributed by atoms with Gasteiger partial charge in [0.1, 0.15) is 15.2 Å². The average Bonchev–Trinajstić information content (AvgIpc) is 3.50. The van der Waals surface area contributed by atoms with Gasteiger partial charge in [-0.15, -0.1) is 11.3 Å². The molecule has 0 fully saturated rings. The normalized spacial score (nSPS) is 13.3. The zero-order valence-electron chi connectivity index (χ0n) is 18.6. The molecule has 2 aromatic heterocycles. The molecule has 2 amide bonds. The van der Waals surface area contributed by atoms with Crippen LogP contribution in [0.15, 0.2) is 68.6 Å². The van der Waals surface area contributed by atoms with Crippen LogP contribution in [0.3, 0.4) is 0 Å². The van der Waals surface area contributed by atoms with Crippen molar-refractivity contribution in [1.82, 2.24) is 9.29 Å². The molecule has 0 atom stereocenters. The van der Waals surface area contributed by atoms with Crippen LogP contribution in [0.2, 0.25) is 9.36 Å². The minimum absolute atomic E-state index is 0.0629. The summed E-state index contributed by atoms with van der Waals surface area (Å²) >= 11 is 12.3. The summed E-state index contributed by atoms with van der Waals surface area (Å²) in [5.74, 6) is 0.231. The topological polar surface area (TPSA) is 139 Å². The number of nitrogens with zero attached hydrogens (tertiary/aromatic N) is 2. The van der Waals surface area contributed by atoms with Gasteiger partial charge in [-0.1, -0.05) is 23.2 Å². The third-order valence-corrected chi connectivity index (χ3v) is 9.00. The van der Waals surface area contributed by atoms with E-state index >= 15 is 0 Å². The minimum atomic E-state index is -4.18. The Morgan fingerprint density at radius 1 is 1.11 bits per heavy atom. The first-order valence-corrected chi connectivity index (χ1v) is 13.6. The molecule has 3 heterocycles. The van der Waals surface area contributed by atoms with Gasteiger partial charge in [0, 0.05) is 22.7 Å². The number of ether oxygens (including phenoxy) is 1. The van der Waals surface area contributed by atoms with Crippen molar-refractivity contribution in [3.05, 3.63) is 79.9 Å². The number of hydrogen-bond acceptors (Lipinski definition) is 8. The number of nitrogens with one attached hydrogen (secondary N) is 2. The lowest BCUT2D eigenvalue weighted by atomic mass is 10.1. The van der Waals surface area contributed by atoms with Crippen molar-refractivity contribution in [3.8, 4) is 11.6 Å². The first-order chi connectivity index (χ1) is 17.6. The maximum atomic E-state index is 12.8. The standard InChI is InChI=1S/C23H16Cl2N4O6S2/c24-17-11-19(36-20(17)25)37(33,34)28-23(32)27-14-2-4-15(5-3-14)29-18(30)10-13-9-12(21-26-7-8-35-21)1-6-16(13)22(29)31/h1-6,9-11,31H,7-8H2,(H2,27,28,32). The van der Waals surface area contributed by atoms with E-state index in [1.165, 1.54) is 30.3 Å². The molecule has 0 radical (unpaired) electrons. The van der Waals surface area contributed by atoms with E-state index in [9.17, 15) is 23.1 Å². The van der Waals surface area contributed by atoms with Gasteiger partial charge in [0.25, 0.3) is 15.6 Å². The molecule has 3 N–H and O–H groups in total. The van der Waals surface area contributed by atoms with Gasteiger partial charge < -0.3 is 15.2 Å². The number of aliphatic imine (C=N–C) groups is 1. The second kappa shape index (κ2) is 9.71. The fourth-order valence-electron chi connectivity index (χ4n) is 3.68. The van der Waals surface area contributed by atoms with E-state index in [0.717, 1.165) is 10.6 Å². The van der Waals surface area contributed by atoms with Crippen molar-refractivity contribution < 1.29 is 23.1 Å². The van der Waals surface area contributed by atoms with Crippen molar-refractivity contribution in [2.24, 2.45) is 4.99 Å². The summed E-state index contributed by atoms with van der Waals surface area (Å²) in [5, 5.41) is 14.3. The van der Waals surface area contributed by atoms with E-state index < -0.39 is 21.6 Å². The molecule has 4 aromatic rings. The monoisotopic (exact) mass is 578 g/mol. The highest BCUT2D eigenvalue weighted by Crippen LogP contribution is 2.34. The predicted octanol–water partition coefficient (Wildman–Crippen LogP) is 4.35. The first kappa shape index (κ1) is 25.1. The molecule has 0 saturated heterocycles. The minimum Gasteiger partial charge on any atom is -0.494 e. The molecule has 190 valence electrons. The molecular weight excluding hydrogens is 563 g/mol. The molecule has 37 heavy (non-hydrogen) atoms. The van der Waals surface area contributed by atoms with E-state index in [-0.39, 0.29) is 25.1 Å². The number of aromatic nitrogens is 1. The fourth-order valence-corrected chi connectivity index (χ4v) is 6.47. The molecule has 0 unspecified atom stereocenters.